The number of hydrogen-bond donors (Lipinski definition) is 2. The van der Waals surface area contributed by atoms with E-state index in [4.69, 9.17) is 0 Å². The third-order valence-electron chi connectivity index (χ3n) is 3.53. The molecule has 21 heavy (non-hydrogen) atoms. The Morgan fingerprint density at radius 1 is 1.33 bits per heavy atom. The fourth-order valence-corrected chi connectivity index (χ4v) is 1.81. The van der Waals surface area contributed by atoms with Crippen LogP contribution in [0.2, 0.25) is 0 Å². The number of hydrogen-bond acceptors (Lipinski definition) is 5. The summed E-state index contributed by atoms with van der Waals surface area (Å²) in [7, 11) is 0. The van der Waals surface area contributed by atoms with Crippen molar-refractivity contribution in [1.82, 2.24) is 15.6 Å². The van der Waals surface area contributed by atoms with Gasteiger partial charge in [-0.15, -0.1) is 0 Å². The van der Waals surface area contributed by atoms with E-state index in [1.807, 2.05) is 18.5 Å². The van der Waals surface area contributed by atoms with Crippen LogP contribution in [0.1, 0.15) is 34.1 Å². The van der Waals surface area contributed by atoms with Crippen molar-refractivity contribution in [2.75, 3.05) is 26.2 Å². The van der Waals surface area contributed by atoms with Crippen LogP contribution in [-0.4, -0.2) is 49.0 Å². The maximum Gasteiger partial charge on any atom is 0.0771 e. The second-order valence-corrected chi connectivity index (χ2v) is 5.64. The second kappa shape index (κ2) is 9.34. The first kappa shape index (κ1) is 17.4. The van der Waals surface area contributed by atoms with E-state index >= 15 is 0 Å². The molecule has 5 heteroatoms. The molecule has 0 aliphatic carbocycles. The Kier molecular flexibility index (Phi) is 7.75. The van der Waals surface area contributed by atoms with Gasteiger partial charge < -0.3 is 10.2 Å². The minimum atomic E-state index is -0.185. The van der Waals surface area contributed by atoms with Crippen LogP contribution < -0.4 is 10.7 Å². The number of rotatable bonds is 7. The highest BCUT2D eigenvalue weighted by atomic mass is 15.3. The lowest BCUT2D eigenvalue weighted by atomic mass is 9.97. The van der Waals surface area contributed by atoms with Gasteiger partial charge in [-0.3, -0.25) is 10.4 Å². The zero-order chi connectivity index (χ0) is 15.6. The Morgan fingerprint density at radius 2 is 2.05 bits per heavy atom. The van der Waals surface area contributed by atoms with E-state index in [-0.39, 0.29) is 5.54 Å². The Bertz CT molecular complexity index is 401. The summed E-state index contributed by atoms with van der Waals surface area (Å²) in [6, 6.07) is 0. The Hall–Kier alpha value is -1.62. The van der Waals surface area contributed by atoms with Gasteiger partial charge in [0, 0.05) is 44.8 Å². The summed E-state index contributed by atoms with van der Waals surface area (Å²) in [6.45, 7) is 12.6. The molecule has 0 aromatic rings. The van der Waals surface area contributed by atoms with Crippen molar-refractivity contribution in [3.63, 3.8) is 0 Å². The molecule has 0 bridgehead atoms. The topological polar surface area (TPSA) is 52.0 Å². The van der Waals surface area contributed by atoms with Gasteiger partial charge in [-0.05, 0) is 45.1 Å². The highest BCUT2D eigenvalue weighted by Crippen LogP contribution is 2.18. The van der Waals surface area contributed by atoms with Crippen LogP contribution in [0.15, 0.2) is 34.1 Å². The van der Waals surface area contributed by atoms with Gasteiger partial charge in [0.2, 0.25) is 0 Å². The highest BCUT2D eigenvalue weighted by molar-refractivity contribution is 5.70. The molecular weight excluding hydrogens is 262 g/mol. The Balaban J connectivity index is 2.36. The molecule has 0 aromatic heterocycles. The molecule has 1 fully saturated rings. The van der Waals surface area contributed by atoms with Crippen LogP contribution in [0, 0.1) is 0 Å². The van der Waals surface area contributed by atoms with Crippen LogP contribution in [-0.2, 0) is 0 Å². The van der Waals surface area contributed by atoms with E-state index in [1.165, 1.54) is 0 Å². The minimum Gasteiger partial charge on any atom is -0.375 e. The lowest BCUT2D eigenvalue weighted by Gasteiger charge is -2.25. The second-order valence-electron chi connectivity index (χ2n) is 5.64. The molecule has 2 N–H and O–H groups in total. The van der Waals surface area contributed by atoms with Crippen molar-refractivity contribution in [3.8, 4) is 0 Å². The predicted octanol–water partition coefficient (Wildman–Crippen LogP) is 2.14. The summed E-state index contributed by atoms with van der Waals surface area (Å²) < 4.78 is 0. The lowest BCUT2D eigenvalue weighted by molar-refractivity contribution is 0.324. The van der Waals surface area contributed by atoms with Crippen molar-refractivity contribution >= 4 is 12.4 Å². The molecular formula is C16H29N5. The van der Waals surface area contributed by atoms with Gasteiger partial charge in [0.25, 0.3) is 0 Å². The number of hydrazone groups is 1. The summed E-state index contributed by atoms with van der Waals surface area (Å²) >= 11 is 0. The van der Waals surface area contributed by atoms with E-state index in [1.54, 1.807) is 6.21 Å². The number of allylic oxidation sites excluding steroid dienone is 1. The lowest BCUT2D eigenvalue weighted by Crippen LogP contribution is -2.40. The Morgan fingerprint density at radius 3 is 2.71 bits per heavy atom. The summed E-state index contributed by atoms with van der Waals surface area (Å²) in [5.74, 6) is 0. The van der Waals surface area contributed by atoms with Crippen LogP contribution in [0.5, 0.6) is 0 Å². The quantitative estimate of drug-likeness (QED) is 0.558. The predicted molar refractivity (Wildman–Crippen MR) is 91.8 cm³/mol. The first-order valence-electron chi connectivity index (χ1n) is 7.67. The van der Waals surface area contributed by atoms with Crippen molar-refractivity contribution in [2.24, 2.45) is 10.1 Å². The molecule has 1 aliphatic heterocycles. The SMILES string of the molecule is CC/C=N\C(C)(C)/C(C)=C/N/N=C\C=C\N1CCNCC1. The van der Waals surface area contributed by atoms with Crippen LogP contribution >= 0.6 is 0 Å². The highest BCUT2D eigenvalue weighted by Gasteiger charge is 2.16. The molecule has 0 aromatic carbocycles. The molecule has 1 rings (SSSR count). The molecule has 0 atom stereocenters. The normalized spacial score (nSPS) is 18.3. The van der Waals surface area contributed by atoms with Crippen molar-refractivity contribution < 1.29 is 0 Å². The maximum absolute atomic E-state index is 4.54. The van der Waals surface area contributed by atoms with E-state index in [2.05, 4.69) is 59.6 Å². The van der Waals surface area contributed by atoms with E-state index in [0.717, 1.165) is 38.2 Å². The van der Waals surface area contributed by atoms with Gasteiger partial charge >= 0.3 is 0 Å². The summed E-state index contributed by atoms with van der Waals surface area (Å²) in [6.07, 6.45) is 10.6. The van der Waals surface area contributed by atoms with Crippen LogP contribution in [0.3, 0.4) is 0 Å². The van der Waals surface area contributed by atoms with E-state index in [0.29, 0.717) is 0 Å². The zero-order valence-corrected chi connectivity index (χ0v) is 13.8. The molecule has 5 nitrogen and oxygen atoms in total. The van der Waals surface area contributed by atoms with Crippen molar-refractivity contribution in [3.05, 3.63) is 24.0 Å². The van der Waals surface area contributed by atoms with E-state index in [9.17, 15) is 0 Å². The van der Waals surface area contributed by atoms with Gasteiger partial charge in [0.05, 0.1) is 5.54 Å². The van der Waals surface area contributed by atoms with Crippen LogP contribution in [0.25, 0.3) is 0 Å². The van der Waals surface area contributed by atoms with Gasteiger partial charge in [-0.1, -0.05) is 6.92 Å². The van der Waals surface area contributed by atoms with Gasteiger partial charge in [-0.2, -0.15) is 5.10 Å². The van der Waals surface area contributed by atoms with Gasteiger partial charge in [-0.25, -0.2) is 0 Å². The number of piperazine rings is 1. The molecule has 1 saturated heterocycles. The van der Waals surface area contributed by atoms with Crippen molar-refractivity contribution in [1.29, 1.82) is 0 Å². The van der Waals surface area contributed by atoms with Gasteiger partial charge in [0.15, 0.2) is 0 Å². The smallest absolute Gasteiger partial charge is 0.0771 e. The summed E-state index contributed by atoms with van der Waals surface area (Å²) in [5, 5.41) is 7.48. The molecule has 0 amide bonds. The third-order valence-corrected chi connectivity index (χ3v) is 3.53. The zero-order valence-electron chi connectivity index (χ0n) is 13.8. The minimum absolute atomic E-state index is 0.185. The number of aliphatic imine (C=N–C) groups is 1. The third kappa shape index (κ3) is 7.09. The first-order chi connectivity index (χ1) is 10.1. The Labute approximate surface area is 128 Å². The first-order valence-corrected chi connectivity index (χ1v) is 7.67. The molecule has 0 spiro atoms. The number of nitrogens with zero attached hydrogens (tertiary/aromatic N) is 3. The monoisotopic (exact) mass is 291 g/mol. The summed E-state index contributed by atoms with van der Waals surface area (Å²) in [4.78, 5) is 6.82. The van der Waals surface area contributed by atoms with E-state index < -0.39 is 0 Å². The number of nitrogens with one attached hydrogen (secondary N) is 2. The molecule has 0 radical (unpaired) electrons. The maximum atomic E-state index is 4.54. The molecule has 1 heterocycles. The fourth-order valence-electron chi connectivity index (χ4n) is 1.81. The average Bonchev–Trinajstić information content (AvgIpc) is 2.49. The summed E-state index contributed by atoms with van der Waals surface area (Å²) in [5.41, 5.74) is 3.92. The fraction of sp³-hybridized carbons (Fsp3) is 0.625. The largest absolute Gasteiger partial charge is 0.375 e. The molecule has 118 valence electrons. The standard InChI is InChI=1S/C16H29N5/c1-5-7-18-16(3,4)15(2)14-20-19-8-6-11-21-12-9-17-10-13-21/h6-8,11,14,17,20H,5,9-10,12-13H2,1-4H3/b11-6+,15-14+,18-7-,19-8-. The van der Waals surface area contributed by atoms with Crippen molar-refractivity contribution in [2.45, 2.75) is 39.7 Å². The van der Waals surface area contributed by atoms with Crippen LogP contribution in [0.4, 0.5) is 0 Å². The van der Waals surface area contributed by atoms with Gasteiger partial charge in [0.1, 0.15) is 0 Å². The molecule has 1 aliphatic rings. The molecule has 0 saturated carbocycles. The average molecular weight is 291 g/mol. The molecule has 0 unspecified atom stereocenters.